The van der Waals surface area contributed by atoms with Gasteiger partial charge < -0.3 is 14.6 Å². The molecule has 1 atom stereocenters. The molecule has 6 rings (SSSR count). The summed E-state index contributed by atoms with van der Waals surface area (Å²) in [5, 5.41) is 1.09. The molecule has 3 aromatic heterocycles. The molecular formula is C25H25N7O. The average molecular weight is 440 g/mol. The van der Waals surface area contributed by atoms with Crippen LogP contribution in [0.3, 0.4) is 0 Å². The van der Waals surface area contributed by atoms with Crippen LogP contribution in [0.1, 0.15) is 19.7 Å². The van der Waals surface area contributed by atoms with Crippen molar-refractivity contribution in [3.05, 3.63) is 60.6 Å². The third-order valence-electron chi connectivity index (χ3n) is 6.22. The molecule has 1 saturated heterocycles. The Morgan fingerprint density at radius 2 is 1.88 bits per heavy atom. The first-order valence-electron chi connectivity index (χ1n) is 11.4. The van der Waals surface area contributed by atoms with Crippen LogP contribution in [-0.4, -0.2) is 55.3 Å². The molecule has 0 amide bonds. The molecule has 1 fully saturated rings. The second-order valence-electron chi connectivity index (χ2n) is 8.33. The van der Waals surface area contributed by atoms with Gasteiger partial charge in [0.1, 0.15) is 5.82 Å². The molecule has 0 aliphatic carbocycles. The lowest BCUT2D eigenvalue weighted by molar-refractivity contribution is 0.0980. The van der Waals surface area contributed by atoms with Gasteiger partial charge in [-0.25, -0.2) is 4.98 Å². The van der Waals surface area contributed by atoms with Crippen LogP contribution in [0.2, 0.25) is 0 Å². The van der Waals surface area contributed by atoms with E-state index in [2.05, 4.69) is 52.6 Å². The molecule has 8 heteroatoms. The molecule has 0 spiro atoms. The van der Waals surface area contributed by atoms with Crippen molar-refractivity contribution in [2.24, 2.45) is 0 Å². The zero-order valence-corrected chi connectivity index (χ0v) is 18.7. The van der Waals surface area contributed by atoms with Crippen LogP contribution in [0.25, 0.3) is 39.3 Å². The second-order valence-corrected chi connectivity index (χ2v) is 8.33. The van der Waals surface area contributed by atoms with Crippen LogP contribution in [0.5, 0.6) is 0 Å². The zero-order chi connectivity index (χ0) is 22.4. The van der Waals surface area contributed by atoms with Crippen molar-refractivity contribution in [2.75, 3.05) is 24.7 Å². The standard InChI is InChI=1S/C25H25N7O/c1-3-22-27-20-8-4-5-10-21(20)32(22)25-29-23(18-7-6-9-19-17(18)11-12-26-19)28-24(30-25)31-13-14-33-15-16(31)2/h4-12,16,26H,3,13-15H2,1-2H3/t16-/m0/s1. The average Bonchev–Trinajstić information content (AvgIpc) is 3.48. The lowest BCUT2D eigenvalue weighted by Crippen LogP contribution is -2.44. The number of hydrogen-bond donors (Lipinski definition) is 1. The van der Waals surface area contributed by atoms with E-state index < -0.39 is 0 Å². The third kappa shape index (κ3) is 3.34. The second kappa shape index (κ2) is 7.97. The predicted molar refractivity (Wildman–Crippen MR) is 129 cm³/mol. The highest BCUT2D eigenvalue weighted by Gasteiger charge is 2.25. The molecule has 5 aromatic rings. The number of fused-ring (bicyclic) bond motifs is 2. The number of morpholine rings is 1. The van der Waals surface area contributed by atoms with E-state index in [1.807, 2.05) is 30.5 Å². The zero-order valence-electron chi connectivity index (χ0n) is 18.7. The van der Waals surface area contributed by atoms with E-state index in [-0.39, 0.29) is 6.04 Å². The minimum absolute atomic E-state index is 0.176. The summed E-state index contributed by atoms with van der Waals surface area (Å²) < 4.78 is 7.72. The van der Waals surface area contributed by atoms with E-state index in [1.54, 1.807) is 0 Å². The molecule has 4 heterocycles. The van der Waals surface area contributed by atoms with Gasteiger partial charge in [0, 0.05) is 35.6 Å². The van der Waals surface area contributed by atoms with Crippen molar-refractivity contribution in [1.29, 1.82) is 0 Å². The van der Waals surface area contributed by atoms with Crippen molar-refractivity contribution in [3.8, 4) is 17.3 Å². The Morgan fingerprint density at radius 1 is 1.00 bits per heavy atom. The van der Waals surface area contributed by atoms with Gasteiger partial charge in [-0.3, -0.25) is 4.57 Å². The van der Waals surface area contributed by atoms with Gasteiger partial charge in [0.05, 0.1) is 30.3 Å². The van der Waals surface area contributed by atoms with Crippen molar-refractivity contribution >= 4 is 27.9 Å². The molecule has 2 aromatic carbocycles. The largest absolute Gasteiger partial charge is 0.377 e. The molecule has 33 heavy (non-hydrogen) atoms. The fourth-order valence-corrected chi connectivity index (χ4v) is 4.54. The van der Waals surface area contributed by atoms with Gasteiger partial charge in [-0.1, -0.05) is 31.2 Å². The molecule has 1 aliphatic heterocycles. The topological polar surface area (TPSA) is 84.8 Å². The van der Waals surface area contributed by atoms with E-state index in [9.17, 15) is 0 Å². The number of benzene rings is 2. The first-order chi connectivity index (χ1) is 16.2. The molecule has 0 saturated carbocycles. The Balaban J connectivity index is 1.61. The summed E-state index contributed by atoms with van der Waals surface area (Å²) >= 11 is 0. The normalized spacial score (nSPS) is 16.7. The number of hydrogen-bond acceptors (Lipinski definition) is 6. The van der Waals surface area contributed by atoms with Crippen molar-refractivity contribution in [1.82, 2.24) is 29.5 Å². The highest BCUT2D eigenvalue weighted by atomic mass is 16.5. The fourth-order valence-electron chi connectivity index (χ4n) is 4.54. The summed E-state index contributed by atoms with van der Waals surface area (Å²) in [6.45, 7) is 6.29. The van der Waals surface area contributed by atoms with Crippen LogP contribution in [0, 0.1) is 0 Å². The molecule has 0 bridgehead atoms. The quantitative estimate of drug-likeness (QED) is 0.453. The summed E-state index contributed by atoms with van der Waals surface area (Å²) in [4.78, 5) is 25.2. The predicted octanol–water partition coefficient (Wildman–Crippen LogP) is 4.15. The Kier molecular flexibility index (Phi) is 4.80. The summed E-state index contributed by atoms with van der Waals surface area (Å²) in [5.41, 5.74) is 3.96. The lowest BCUT2D eigenvalue weighted by atomic mass is 10.1. The highest BCUT2D eigenvalue weighted by molar-refractivity contribution is 5.93. The van der Waals surface area contributed by atoms with E-state index in [1.165, 1.54) is 0 Å². The Hall–Kier alpha value is -3.78. The highest BCUT2D eigenvalue weighted by Crippen LogP contribution is 2.29. The number of ether oxygens (including phenoxy) is 1. The van der Waals surface area contributed by atoms with Gasteiger partial charge in [0.25, 0.3) is 0 Å². The summed E-state index contributed by atoms with van der Waals surface area (Å²) in [5.74, 6) is 2.83. The number of rotatable bonds is 4. The van der Waals surface area contributed by atoms with E-state index >= 15 is 0 Å². The number of aryl methyl sites for hydroxylation is 1. The number of imidazole rings is 1. The molecular weight excluding hydrogens is 414 g/mol. The smallest absolute Gasteiger partial charge is 0.241 e. The first-order valence-corrected chi connectivity index (χ1v) is 11.4. The maximum atomic E-state index is 5.66. The number of nitrogens with one attached hydrogen (secondary N) is 1. The molecule has 1 aliphatic rings. The van der Waals surface area contributed by atoms with Gasteiger partial charge in [-0.2, -0.15) is 15.0 Å². The summed E-state index contributed by atoms with van der Waals surface area (Å²) in [7, 11) is 0. The number of para-hydroxylation sites is 2. The maximum absolute atomic E-state index is 5.66. The molecule has 0 unspecified atom stereocenters. The number of H-pyrrole nitrogens is 1. The number of aromatic amines is 1. The number of aromatic nitrogens is 6. The first kappa shape index (κ1) is 19.9. The van der Waals surface area contributed by atoms with Crippen molar-refractivity contribution < 1.29 is 4.74 Å². The van der Waals surface area contributed by atoms with E-state index in [0.29, 0.717) is 30.9 Å². The van der Waals surface area contributed by atoms with Crippen LogP contribution in [0.4, 0.5) is 5.95 Å². The van der Waals surface area contributed by atoms with Crippen molar-refractivity contribution in [2.45, 2.75) is 26.3 Å². The van der Waals surface area contributed by atoms with Crippen LogP contribution in [-0.2, 0) is 11.2 Å². The van der Waals surface area contributed by atoms with Crippen molar-refractivity contribution in [3.63, 3.8) is 0 Å². The Labute approximate surface area is 191 Å². The lowest BCUT2D eigenvalue weighted by Gasteiger charge is -2.33. The van der Waals surface area contributed by atoms with Gasteiger partial charge in [-0.05, 0) is 31.2 Å². The minimum atomic E-state index is 0.176. The van der Waals surface area contributed by atoms with Crippen LogP contribution >= 0.6 is 0 Å². The minimum Gasteiger partial charge on any atom is -0.377 e. The maximum Gasteiger partial charge on any atom is 0.241 e. The van der Waals surface area contributed by atoms with E-state index in [4.69, 9.17) is 24.7 Å². The van der Waals surface area contributed by atoms with Gasteiger partial charge in [0.15, 0.2) is 5.82 Å². The monoisotopic (exact) mass is 439 g/mol. The van der Waals surface area contributed by atoms with Gasteiger partial charge in [0.2, 0.25) is 11.9 Å². The van der Waals surface area contributed by atoms with Crippen LogP contribution in [0.15, 0.2) is 54.7 Å². The Morgan fingerprint density at radius 3 is 2.76 bits per heavy atom. The van der Waals surface area contributed by atoms with E-state index in [0.717, 1.165) is 46.3 Å². The molecule has 0 radical (unpaired) electrons. The SMILES string of the molecule is CCc1nc2ccccc2n1-c1nc(-c2cccc3[nH]ccc23)nc(N2CCOC[C@@H]2C)n1. The number of anilines is 1. The Bertz CT molecular complexity index is 1450. The summed E-state index contributed by atoms with van der Waals surface area (Å²) in [6, 6.07) is 16.5. The number of nitrogens with zero attached hydrogens (tertiary/aromatic N) is 6. The molecule has 1 N–H and O–H groups in total. The van der Waals surface area contributed by atoms with Crippen LogP contribution < -0.4 is 4.90 Å². The van der Waals surface area contributed by atoms with Gasteiger partial charge in [-0.15, -0.1) is 0 Å². The summed E-state index contributed by atoms with van der Waals surface area (Å²) in [6.07, 6.45) is 2.71. The fraction of sp³-hybridized carbons (Fsp3) is 0.280. The third-order valence-corrected chi connectivity index (χ3v) is 6.22. The molecule has 166 valence electrons. The molecule has 8 nitrogen and oxygen atoms in total. The van der Waals surface area contributed by atoms with Gasteiger partial charge >= 0.3 is 0 Å².